The van der Waals surface area contributed by atoms with Gasteiger partial charge in [-0.2, -0.15) is 17.5 Å². The lowest BCUT2D eigenvalue weighted by atomic mass is 10.1. The van der Waals surface area contributed by atoms with Gasteiger partial charge in [0.05, 0.1) is 39.6 Å². The first-order chi connectivity index (χ1) is 18.1. The Morgan fingerprint density at radius 3 is 1.05 bits per heavy atom. The predicted molar refractivity (Wildman–Crippen MR) is 172 cm³/mol. The molecule has 0 aliphatic heterocycles. The van der Waals surface area contributed by atoms with Crippen molar-refractivity contribution in [3.63, 3.8) is 0 Å². The zero-order valence-corrected chi connectivity index (χ0v) is 26.3. The summed E-state index contributed by atoms with van der Waals surface area (Å²) >= 11 is 2.54. The van der Waals surface area contributed by atoms with Gasteiger partial charge in [0.2, 0.25) is 0 Å². The molecule has 8 heteroatoms. The van der Waals surface area contributed by atoms with Crippen LogP contribution >= 0.6 is 23.5 Å². The van der Waals surface area contributed by atoms with Gasteiger partial charge >= 0.3 is 0 Å². The van der Waals surface area contributed by atoms with Gasteiger partial charge in [-0.05, 0) is 46.5 Å². The average Bonchev–Trinajstić information content (AvgIpc) is 3.57. The van der Waals surface area contributed by atoms with Gasteiger partial charge in [0.15, 0.2) is 0 Å². The Kier molecular flexibility index (Phi) is 7.41. The summed E-state index contributed by atoms with van der Waals surface area (Å²) in [6.07, 6.45) is 0. The quantitative estimate of drug-likeness (QED) is 0.204. The summed E-state index contributed by atoms with van der Waals surface area (Å²) in [5, 5.41) is 2.99. The molecule has 0 unspecified atom stereocenters. The minimum atomic E-state index is -1.21. The van der Waals surface area contributed by atoms with Crippen LogP contribution < -0.4 is 10.4 Å². The van der Waals surface area contributed by atoms with E-state index < -0.39 is 16.1 Å². The highest BCUT2D eigenvalue weighted by Crippen LogP contribution is 2.24. The van der Waals surface area contributed by atoms with Crippen LogP contribution in [0.2, 0.25) is 39.3 Å². The van der Waals surface area contributed by atoms with Crippen LogP contribution in [0.15, 0.2) is 84.9 Å². The first-order valence-electron chi connectivity index (χ1n) is 12.7. The van der Waals surface area contributed by atoms with Gasteiger partial charge in [-0.25, -0.2) is 0 Å². The first-order valence-corrected chi connectivity index (χ1v) is 21.2. The highest BCUT2D eigenvalue weighted by atomic mass is 32.1. The molecule has 192 valence electrons. The summed E-state index contributed by atoms with van der Waals surface area (Å²) in [7, 11) is -2.42. The van der Waals surface area contributed by atoms with Gasteiger partial charge < -0.3 is 0 Å². The van der Waals surface area contributed by atoms with Gasteiger partial charge in [0.25, 0.3) is 0 Å². The summed E-state index contributed by atoms with van der Waals surface area (Å²) in [4.78, 5) is 0. The van der Waals surface area contributed by atoms with Gasteiger partial charge in [-0.15, -0.1) is 0 Å². The standard InChI is InChI=1S/2C15H16N2SSi/c2*1-19(2,3)13-7-4-11(5-8-13)12-6-9-14-15(10-12)17-18-16-14/h2*4-10H,1-3H3. The molecular weight excluding hydrogens is 537 g/mol. The van der Waals surface area contributed by atoms with E-state index in [2.05, 4.69) is 130 Å². The topological polar surface area (TPSA) is 51.6 Å². The van der Waals surface area contributed by atoms with E-state index in [-0.39, 0.29) is 0 Å². The summed E-state index contributed by atoms with van der Waals surface area (Å²) in [6.45, 7) is 14.2. The predicted octanol–water partition coefficient (Wildman–Crippen LogP) is 7.81. The Morgan fingerprint density at radius 2 is 0.711 bits per heavy atom. The smallest absolute Gasteiger partial charge is 0.105 e. The summed E-state index contributed by atoms with van der Waals surface area (Å²) in [5.41, 5.74) is 8.84. The summed E-state index contributed by atoms with van der Waals surface area (Å²) in [6, 6.07) is 30.5. The SMILES string of the molecule is C[Si](C)(C)c1ccc(-c2ccc3nsnc3c2)cc1.C[Si](C)(C)c1ccc(-c2ccc3nsnc3c2)cc1. The minimum Gasteiger partial charge on any atom is -0.173 e. The highest BCUT2D eigenvalue weighted by molar-refractivity contribution is 7.00. The van der Waals surface area contributed by atoms with Gasteiger partial charge in [-0.3, -0.25) is 0 Å². The lowest BCUT2D eigenvalue weighted by Gasteiger charge is -2.16. The molecule has 6 rings (SSSR count). The van der Waals surface area contributed by atoms with E-state index >= 15 is 0 Å². The van der Waals surface area contributed by atoms with E-state index in [0.29, 0.717) is 0 Å². The van der Waals surface area contributed by atoms with E-state index in [4.69, 9.17) is 0 Å². The molecule has 0 bridgehead atoms. The van der Waals surface area contributed by atoms with Gasteiger partial charge in [0.1, 0.15) is 22.1 Å². The minimum absolute atomic E-state index is 0.979. The molecule has 0 aliphatic rings. The lowest BCUT2D eigenvalue weighted by Crippen LogP contribution is -2.37. The molecule has 0 saturated carbocycles. The Morgan fingerprint density at radius 1 is 0.395 bits per heavy atom. The van der Waals surface area contributed by atoms with Crippen molar-refractivity contribution >= 4 is 72.0 Å². The molecule has 6 aromatic rings. The fraction of sp³-hybridized carbons (Fsp3) is 0.200. The van der Waals surface area contributed by atoms with Crippen molar-refractivity contribution in [1.82, 2.24) is 17.5 Å². The normalized spacial score (nSPS) is 11.9. The second-order valence-electron chi connectivity index (χ2n) is 11.6. The van der Waals surface area contributed by atoms with Crippen LogP contribution in [0.25, 0.3) is 44.3 Å². The van der Waals surface area contributed by atoms with Crippen LogP contribution in [0.5, 0.6) is 0 Å². The third-order valence-corrected chi connectivity index (χ3v) is 11.9. The Labute approximate surface area is 235 Å². The van der Waals surface area contributed by atoms with Crippen LogP contribution in [0, 0.1) is 0 Å². The van der Waals surface area contributed by atoms with Crippen molar-refractivity contribution < 1.29 is 0 Å². The molecule has 0 N–H and O–H groups in total. The van der Waals surface area contributed by atoms with Crippen molar-refractivity contribution in [1.29, 1.82) is 0 Å². The van der Waals surface area contributed by atoms with E-state index in [1.807, 2.05) is 12.1 Å². The number of aromatic nitrogens is 4. The fourth-order valence-electron chi connectivity index (χ4n) is 4.25. The molecule has 38 heavy (non-hydrogen) atoms. The number of fused-ring (bicyclic) bond motifs is 2. The summed E-state index contributed by atoms with van der Waals surface area (Å²) < 4.78 is 17.1. The molecule has 2 heterocycles. The molecule has 0 spiro atoms. The van der Waals surface area contributed by atoms with Crippen molar-refractivity contribution in [3.05, 3.63) is 84.9 Å². The number of rotatable bonds is 4. The van der Waals surface area contributed by atoms with E-state index in [1.54, 1.807) is 0 Å². The molecule has 0 fully saturated rings. The van der Waals surface area contributed by atoms with Crippen LogP contribution in [0.1, 0.15) is 0 Å². The number of benzene rings is 4. The Balaban J connectivity index is 0.000000155. The summed E-state index contributed by atoms with van der Waals surface area (Å²) in [5.74, 6) is 0. The molecule has 0 saturated heterocycles. The molecule has 0 atom stereocenters. The second-order valence-corrected chi connectivity index (χ2v) is 22.8. The monoisotopic (exact) mass is 568 g/mol. The molecular formula is C30H32N4S2Si2. The van der Waals surface area contributed by atoms with Crippen LogP contribution in [0.4, 0.5) is 0 Å². The lowest BCUT2D eigenvalue weighted by molar-refractivity contribution is 1.60. The zero-order valence-electron chi connectivity index (χ0n) is 22.7. The van der Waals surface area contributed by atoms with Crippen LogP contribution in [-0.4, -0.2) is 33.6 Å². The number of hydrogen-bond acceptors (Lipinski definition) is 6. The molecule has 0 aliphatic carbocycles. The third kappa shape index (κ3) is 5.99. The van der Waals surface area contributed by atoms with Crippen molar-refractivity contribution in [3.8, 4) is 22.3 Å². The Hall–Kier alpha value is -3.05. The maximum Gasteiger partial charge on any atom is 0.105 e. The number of nitrogens with zero attached hydrogens (tertiary/aromatic N) is 4. The maximum absolute atomic E-state index is 4.30. The van der Waals surface area contributed by atoms with E-state index in [9.17, 15) is 0 Å². The molecule has 4 aromatic carbocycles. The highest BCUT2D eigenvalue weighted by Gasteiger charge is 2.16. The molecule has 0 amide bonds. The second kappa shape index (κ2) is 10.6. The zero-order chi connectivity index (χ0) is 26.9. The molecule has 2 aromatic heterocycles. The Bertz CT molecular complexity index is 1550. The van der Waals surface area contributed by atoms with Crippen LogP contribution in [0.3, 0.4) is 0 Å². The van der Waals surface area contributed by atoms with E-state index in [1.165, 1.54) is 56.1 Å². The molecule has 0 radical (unpaired) electrons. The average molecular weight is 569 g/mol. The van der Waals surface area contributed by atoms with Crippen molar-refractivity contribution in [2.45, 2.75) is 39.3 Å². The van der Waals surface area contributed by atoms with E-state index in [0.717, 1.165) is 22.1 Å². The number of hydrogen-bond donors (Lipinski definition) is 0. The van der Waals surface area contributed by atoms with Crippen molar-refractivity contribution in [2.75, 3.05) is 0 Å². The van der Waals surface area contributed by atoms with Gasteiger partial charge in [-0.1, -0.05) is 110 Å². The van der Waals surface area contributed by atoms with Gasteiger partial charge in [0, 0.05) is 0 Å². The largest absolute Gasteiger partial charge is 0.173 e. The maximum atomic E-state index is 4.30. The first kappa shape index (κ1) is 26.6. The fourth-order valence-corrected chi connectivity index (χ4v) is 7.62. The molecule has 4 nitrogen and oxygen atoms in total. The third-order valence-electron chi connectivity index (χ3n) is 6.68. The van der Waals surface area contributed by atoms with Crippen LogP contribution in [-0.2, 0) is 0 Å². The van der Waals surface area contributed by atoms with Crippen molar-refractivity contribution in [2.24, 2.45) is 0 Å².